The zero-order chi connectivity index (χ0) is 23.9. The van der Waals surface area contributed by atoms with Crippen molar-refractivity contribution >= 4 is 32.4 Å². The summed E-state index contributed by atoms with van der Waals surface area (Å²) >= 11 is 0. The predicted molar refractivity (Wildman–Crippen MR) is 151 cm³/mol. The Balaban J connectivity index is 1.47. The van der Waals surface area contributed by atoms with Crippen LogP contribution in [0, 0.1) is 0 Å². The molecule has 0 fully saturated rings. The van der Waals surface area contributed by atoms with Crippen molar-refractivity contribution in [2.45, 2.75) is 0 Å². The highest BCUT2D eigenvalue weighted by atomic mass is 14.7. The first kappa shape index (κ1) is 20.5. The van der Waals surface area contributed by atoms with Crippen LogP contribution in [0.25, 0.3) is 66.0 Å². The van der Waals surface area contributed by atoms with Crippen LogP contribution in [-0.2, 0) is 0 Å². The molecular formula is C34H22N2. The standard InChI is InChI=1S/C34H22N2/c1-2-8-23(9-3-1)31-21-33(36-32-17-16-24-10-4-5-14-30(24)34(31)32)26-12-6-11-25(20-26)28-15-7-13-27-22-35-19-18-29(27)28/h1-22H. The van der Waals surface area contributed by atoms with E-state index in [2.05, 4.69) is 126 Å². The number of hydrogen-bond acceptors (Lipinski definition) is 2. The molecule has 0 saturated carbocycles. The summed E-state index contributed by atoms with van der Waals surface area (Å²) in [4.78, 5) is 9.46. The minimum atomic E-state index is 0.973. The molecule has 5 aromatic carbocycles. The zero-order valence-corrected chi connectivity index (χ0v) is 19.6. The monoisotopic (exact) mass is 458 g/mol. The van der Waals surface area contributed by atoms with E-state index in [4.69, 9.17) is 4.98 Å². The lowest BCUT2D eigenvalue weighted by Gasteiger charge is -2.14. The highest BCUT2D eigenvalue weighted by Crippen LogP contribution is 2.37. The summed E-state index contributed by atoms with van der Waals surface area (Å²) in [6.07, 6.45) is 3.78. The van der Waals surface area contributed by atoms with Crippen molar-refractivity contribution in [2.75, 3.05) is 0 Å². The van der Waals surface area contributed by atoms with Gasteiger partial charge in [-0.05, 0) is 62.7 Å². The average Bonchev–Trinajstić information content (AvgIpc) is 2.96. The maximum Gasteiger partial charge on any atom is 0.0722 e. The van der Waals surface area contributed by atoms with Gasteiger partial charge in [-0.15, -0.1) is 0 Å². The lowest BCUT2D eigenvalue weighted by molar-refractivity contribution is 1.36. The lowest BCUT2D eigenvalue weighted by Crippen LogP contribution is -1.92. The molecule has 36 heavy (non-hydrogen) atoms. The van der Waals surface area contributed by atoms with Gasteiger partial charge in [0.2, 0.25) is 0 Å². The molecule has 7 aromatic rings. The molecule has 2 nitrogen and oxygen atoms in total. The normalized spacial score (nSPS) is 11.3. The van der Waals surface area contributed by atoms with Crippen molar-refractivity contribution in [3.05, 3.63) is 134 Å². The summed E-state index contributed by atoms with van der Waals surface area (Å²) in [5, 5.41) is 5.99. The second kappa shape index (κ2) is 8.44. The Morgan fingerprint density at radius 3 is 2.19 bits per heavy atom. The van der Waals surface area contributed by atoms with E-state index < -0.39 is 0 Å². The Labute approximate surface area is 209 Å². The summed E-state index contributed by atoms with van der Waals surface area (Å²) in [6, 6.07) is 42.9. The van der Waals surface area contributed by atoms with Crippen LogP contribution in [0.15, 0.2) is 134 Å². The average molecular weight is 459 g/mol. The molecule has 0 saturated heterocycles. The smallest absolute Gasteiger partial charge is 0.0722 e. The molecule has 0 radical (unpaired) electrons. The van der Waals surface area contributed by atoms with Crippen LogP contribution in [0.4, 0.5) is 0 Å². The van der Waals surface area contributed by atoms with E-state index in [1.807, 2.05) is 12.4 Å². The van der Waals surface area contributed by atoms with Crippen LogP contribution in [0.3, 0.4) is 0 Å². The number of nitrogens with zero attached hydrogens (tertiary/aromatic N) is 2. The molecule has 0 unspecified atom stereocenters. The highest BCUT2D eigenvalue weighted by Gasteiger charge is 2.13. The van der Waals surface area contributed by atoms with Crippen LogP contribution in [0.2, 0.25) is 0 Å². The SMILES string of the molecule is c1ccc(-c2cc(-c3cccc(-c4cccc5cnccc45)c3)nc3ccc4ccccc4c23)cc1. The third-order valence-electron chi connectivity index (χ3n) is 6.93. The van der Waals surface area contributed by atoms with Crippen LogP contribution < -0.4 is 0 Å². The molecule has 0 N–H and O–H groups in total. The number of hydrogen-bond donors (Lipinski definition) is 0. The van der Waals surface area contributed by atoms with Gasteiger partial charge >= 0.3 is 0 Å². The number of pyridine rings is 2. The lowest BCUT2D eigenvalue weighted by atomic mass is 9.93. The van der Waals surface area contributed by atoms with Gasteiger partial charge in [-0.3, -0.25) is 4.98 Å². The quantitative estimate of drug-likeness (QED) is 0.247. The summed E-state index contributed by atoms with van der Waals surface area (Å²) in [5.74, 6) is 0. The van der Waals surface area contributed by atoms with E-state index in [0.717, 1.165) is 22.2 Å². The van der Waals surface area contributed by atoms with Crippen molar-refractivity contribution in [3.63, 3.8) is 0 Å². The third-order valence-corrected chi connectivity index (χ3v) is 6.93. The summed E-state index contributed by atoms with van der Waals surface area (Å²) in [5.41, 5.74) is 7.85. The van der Waals surface area contributed by atoms with Crippen molar-refractivity contribution in [2.24, 2.45) is 0 Å². The summed E-state index contributed by atoms with van der Waals surface area (Å²) in [7, 11) is 0. The van der Waals surface area contributed by atoms with Gasteiger partial charge in [0.1, 0.15) is 0 Å². The van der Waals surface area contributed by atoms with E-state index in [-0.39, 0.29) is 0 Å². The predicted octanol–water partition coefficient (Wildman–Crippen LogP) is 8.94. The fraction of sp³-hybridized carbons (Fsp3) is 0. The van der Waals surface area contributed by atoms with E-state index in [1.165, 1.54) is 43.8 Å². The zero-order valence-electron chi connectivity index (χ0n) is 19.6. The van der Waals surface area contributed by atoms with Gasteiger partial charge < -0.3 is 0 Å². The first-order valence-corrected chi connectivity index (χ1v) is 12.2. The van der Waals surface area contributed by atoms with Crippen LogP contribution in [0.5, 0.6) is 0 Å². The van der Waals surface area contributed by atoms with Crippen LogP contribution in [0.1, 0.15) is 0 Å². The second-order valence-electron chi connectivity index (χ2n) is 9.09. The molecule has 2 heteroatoms. The molecular weight excluding hydrogens is 436 g/mol. The maximum absolute atomic E-state index is 5.17. The molecule has 0 aliphatic heterocycles. The van der Waals surface area contributed by atoms with Crippen molar-refractivity contribution in [3.8, 4) is 33.5 Å². The molecule has 0 atom stereocenters. The minimum absolute atomic E-state index is 0.973. The first-order chi connectivity index (χ1) is 17.8. The van der Waals surface area contributed by atoms with Gasteiger partial charge in [-0.1, -0.05) is 97.1 Å². The van der Waals surface area contributed by atoms with Crippen LogP contribution in [-0.4, -0.2) is 9.97 Å². The van der Waals surface area contributed by atoms with Gasteiger partial charge in [-0.2, -0.15) is 0 Å². The van der Waals surface area contributed by atoms with Gasteiger partial charge in [-0.25, -0.2) is 4.98 Å². The Hall–Kier alpha value is -4.82. The minimum Gasteiger partial charge on any atom is -0.264 e. The molecule has 2 aromatic heterocycles. The van der Waals surface area contributed by atoms with Crippen LogP contribution >= 0.6 is 0 Å². The molecule has 0 aliphatic rings. The topological polar surface area (TPSA) is 25.8 Å². The highest BCUT2D eigenvalue weighted by molar-refractivity contribution is 6.13. The Kier molecular flexibility index (Phi) is 4.82. The molecule has 0 aliphatic carbocycles. The molecule has 0 amide bonds. The fourth-order valence-electron chi connectivity index (χ4n) is 5.22. The summed E-state index contributed by atoms with van der Waals surface area (Å²) in [6.45, 7) is 0. The third kappa shape index (κ3) is 3.43. The first-order valence-electron chi connectivity index (χ1n) is 12.2. The Morgan fingerprint density at radius 2 is 1.25 bits per heavy atom. The molecule has 7 rings (SSSR count). The van der Waals surface area contributed by atoms with Gasteiger partial charge in [0, 0.05) is 28.7 Å². The van der Waals surface area contributed by atoms with Crippen molar-refractivity contribution in [1.29, 1.82) is 0 Å². The molecule has 0 spiro atoms. The Morgan fingerprint density at radius 1 is 0.472 bits per heavy atom. The van der Waals surface area contributed by atoms with E-state index >= 15 is 0 Å². The number of rotatable bonds is 3. The summed E-state index contributed by atoms with van der Waals surface area (Å²) < 4.78 is 0. The second-order valence-corrected chi connectivity index (χ2v) is 9.09. The number of fused-ring (bicyclic) bond motifs is 4. The van der Waals surface area contributed by atoms with E-state index in [0.29, 0.717) is 0 Å². The van der Waals surface area contributed by atoms with Crippen molar-refractivity contribution in [1.82, 2.24) is 9.97 Å². The largest absolute Gasteiger partial charge is 0.264 e. The molecule has 2 heterocycles. The van der Waals surface area contributed by atoms with Gasteiger partial charge in [0.05, 0.1) is 11.2 Å². The molecule has 0 bridgehead atoms. The maximum atomic E-state index is 5.17. The van der Waals surface area contributed by atoms with Crippen molar-refractivity contribution < 1.29 is 0 Å². The molecule has 168 valence electrons. The number of benzene rings is 5. The fourth-order valence-corrected chi connectivity index (χ4v) is 5.22. The number of aromatic nitrogens is 2. The van der Waals surface area contributed by atoms with E-state index in [1.54, 1.807) is 0 Å². The van der Waals surface area contributed by atoms with E-state index in [9.17, 15) is 0 Å². The Bertz CT molecular complexity index is 1880. The van der Waals surface area contributed by atoms with Gasteiger partial charge in [0.15, 0.2) is 0 Å². The van der Waals surface area contributed by atoms with Gasteiger partial charge in [0.25, 0.3) is 0 Å².